The third-order valence-corrected chi connectivity index (χ3v) is 6.24. The van der Waals surface area contributed by atoms with Crippen molar-refractivity contribution in [3.05, 3.63) is 106 Å². The minimum Gasteiger partial charge on any atom is -0.308 e. The summed E-state index contributed by atoms with van der Waals surface area (Å²) in [5.74, 6) is -1.81. The Bertz CT molecular complexity index is 1420. The molecular weight excluding hydrogens is 438 g/mol. The van der Waals surface area contributed by atoms with E-state index >= 15 is 0 Å². The number of carbonyl (C=O) groups is 1. The molecule has 0 bridgehead atoms. The quantitative estimate of drug-likeness (QED) is 0.443. The highest BCUT2D eigenvalue weighted by Crippen LogP contribution is 2.36. The number of amides is 2. The molecule has 1 N–H and O–H groups in total. The van der Waals surface area contributed by atoms with Crippen LogP contribution < -0.4 is 10.9 Å². The van der Waals surface area contributed by atoms with Crippen LogP contribution in [0.3, 0.4) is 0 Å². The summed E-state index contributed by atoms with van der Waals surface area (Å²) in [6.45, 7) is 2.23. The van der Waals surface area contributed by atoms with Crippen molar-refractivity contribution in [3.63, 3.8) is 0 Å². The zero-order chi connectivity index (χ0) is 23.8. The molecule has 0 fully saturated rings. The average Bonchev–Trinajstić information content (AvgIpc) is 3.25. The normalized spacial score (nSPS) is 15.7. The molecule has 3 aromatic carbocycles. The Hall–Kier alpha value is -4.07. The Balaban J connectivity index is 1.61. The fourth-order valence-corrected chi connectivity index (χ4v) is 4.54. The third kappa shape index (κ3) is 3.81. The van der Waals surface area contributed by atoms with Gasteiger partial charge in [0.25, 0.3) is 5.56 Å². The molecule has 5 rings (SSSR count). The molecule has 2 heterocycles. The summed E-state index contributed by atoms with van der Waals surface area (Å²) in [5, 5.41) is 2.94. The molecule has 2 amide bonds. The zero-order valence-electron chi connectivity index (χ0n) is 18.4. The van der Waals surface area contributed by atoms with E-state index in [0.29, 0.717) is 24.5 Å². The van der Waals surface area contributed by atoms with Crippen molar-refractivity contribution in [2.75, 3.05) is 5.32 Å². The van der Waals surface area contributed by atoms with Crippen LogP contribution in [-0.4, -0.2) is 20.5 Å². The molecule has 1 aliphatic rings. The van der Waals surface area contributed by atoms with Gasteiger partial charge in [0.2, 0.25) is 0 Å². The number of carbonyl (C=O) groups excluding carboxylic acids is 1. The number of urea groups is 1. The molecule has 2 unspecified atom stereocenters. The van der Waals surface area contributed by atoms with Crippen LogP contribution in [0.5, 0.6) is 0 Å². The van der Waals surface area contributed by atoms with Crippen molar-refractivity contribution in [1.29, 1.82) is 0 Å². The lowest BCUT2D eigenvalue weighted by Gasteiger charge is -2.34. The van der Waals surface area contributed by atoms with Crippen molar-refractivity contribution in [1.82, 2.24) is 14.5 Å². The van der Waals surface area contributed by atoms with Gasteiger partial charge in [-0.15, -0.1) is 0 Å². The van der Waals surface area contributed by atoms with Gasteiger partial charge in [-0.25, -0.2) is 18.6 Å². The first kappa shape index (κ1) is 21.8. The predicted molar refractivity (Wildman–Crippen MR) is 125 cm³/mol. The molecule has 4 aromatic rings. The summed E-state index contributed by atoms with van der Waals surface area (Å²) < 4.78 is 29.1. The van der Waals surface area contributed by atoms with Crippen LogP contribution in [0.4, 0.5) is 19.3 Å². The monoisotopic (exact) mass is 460 g/mol. The Kier molecular flexibility index (Phi) is 5.57. The van der Waals surface area contributed by atoms with Gasteiger partial charge in [0, 0.05) is 18.3 Å². The van der Waals surface area contributed by atoms with Gasteiger partial charge in [-0.1, -0.05) is 48.5 Å². The van der Waals surface area contributed by atoms with Crippen LogP contribution in [0.1, 0.15) is 36.8 Å². The van der Waals surface area contributed by atoms with E-state index in [1.165, 1.54) is 4.57 Å². The number of halogens is 2. The number of benzene rings is 3. The molecule has 1 aliphatic heterocycles. The number of aromatic nitrogens is 2. The number of nitrogens with one attached hydrogen (secondary N) is 1. The molecule has 6 nitrogen and oxygen atoms in total. The maximum absolute atomic E-state index is 13.9. The van der Waals surface area contributed by atoms with Gasteiger partial charge >= 0.3 is 6.03 Å². The fraction of sp³-hybridized carbons (Fsp3) is 0.192. The summed E-state index contributed by atoms with van der Waals surface area (Å²) in [7, 11) is 0. The van der Waals surface area contributed by atoms with Crippen LogP contribution >= 0.6 is 0 Å². The van der Waals surface area contributed by atoms with Gasteiger partial charge in [0.05, 0.1) is 23.0 Å². The average molecular weight is 460 g/mol. The number of rotatable bonds is 4. The molecule has 172 valence electrons. The molecule has 0 saturated carbocycles. The Morgan fingerprint density at radius 2 is 1.71 bits per heavy atom. The maximum atomic E-state index is 13.9. The molecule has 0 saturated heterocycles. The standard InChI is InChI=1S/C26H22F2N4O2/c1-16(17-8-4-2-5-9-17)32(26(34)29-18-10-6-3-7-11-18)23-12-13-31-24(23)30-22-15-21(28)20(27)14-19(22)25(31)33/h2-11,14-16,23H,12-13H2,1H3,(H,29,34). The second kappa shape index (κ2) is 8.70. The van der Waals surface area contributed by atoms with E-state index in [2.05, 4.69) is 10.3 Å². The molecule has 0 spiro atoms. The molecule has 0 aliphatic carbocycles. The largest absolute Gasteiger partial charge is 0.322 e. The number of para-hydroxylation sites is 1. The van der Waals surface area contributed by atoms with Gasteiger partial charge in [-0.3, -0.25) is 9.36 Å². The van der Waals surface area contributed by atoms with E-state index in [0.717, 1.165) is 17.7 Å². The number of anilines is 1. The summed E-state index contributed by atoms with van der Waals surface area (Å²) >= 11 is 0. The van der Waals surface area contributed by atoms with Crippen molar-refractivity contribution >= 4 is 22.6 Å². The zero-order valence-corrected chi connectivity index (χ0v) is 18.4. The number of nitrogens with zero attached hydrogens (tertiary/aromatic N) is 3. The van der Waals surface area contributed by atoms with E-state index in [4.69, 9.17) is 0 Å². The highest BCUT2D eigenvalue weighted by molar-refractivity contribution is 5.90. The highest BCUT2D eigenvalue weighted by Gasteiger charge is 2.37. The van der Waals surface area contributed by atoms with Crippen molar-refractivity contribution in [2.45, 2.75) is 32.0 Å². The van der Waals surface area contributed by atoms with E-state index in [9.17, 15) is 18.4 Å². The number of hydrogen-bond donors (Lipinski definition) is 1. The first-order valence-corrected chi connectivity index (χ1v) is 11.0. The lowest BCUT2D eigenvalue weighted by Crippen LogP contribution is -2.40. The lowest BCUT2D eigenvalue weighted by atomic mass is 10.0. The van der Waals surface area contributed by atoms with Crippen LogP contribution in [0, 0.1) is 11.6 Å². The van der Waals surface area contributed by atoms with E-state index in [-0.39, 0.29) is 23.0 Å². The first-order valence-electron chi connectivity index (χ1n) is 11.0. The smallest absolute Gasteiger partial charge is 0.308 e. The SMILES string of the molecule is CC(c1ccccc1)N(C(=O)Nc1ccccc1)C1CCn2c1nc1cc(F)c(F)cc1c2=O. The summed E-state index contributed by atoms with van der Waals surface area (Å²) in [4.78, 5) is 32.8. The van der Waals surface area contributed by atoms with Crippen LogP contribution in [0.2, 0.25) is 0 Å². The minimum atomic E-state index is -1.09. The fourth-order valence-electron chi connectivity index (χ4n) is 4.54. The van der Waals surface area contributed by atoms with Crippen molar-refractivity contribution in [3.8, 4) is 0 Å². The summed E-state index contributed by atoms with van der Waals surface area (Å²) in [6, 6.07) is 19.2. The number of fused-ring (bicyclic) bond motifs is 2. The van der Waals surface area contributed by atoms with Gasteiger partial charge in [-0.2, -0.15) is 0 Å². The second-order valence-corrected chi connectivity index (χ2v) is 8.30. The van der Waals surface area contributed by atoms with Gasteiger partial charge in [-0.05, 0) is 37.1 Å². The molecular formula is C26H22F2N4O2. The van der Waals surface area contributed by atoms with Gasteiger partial charge in [0.15, 0.2) is 11.6 Å². The molecule has 8 heteroatoms. The molecule has 34 heavy (non-hydrogen) atoms. The van der Waals surface area contributed by atoms with Crippen molar-refractivity contribution < 1.29 is 13.6 Å². The van der Waals surface area contributed by atoms with Crippen LogP contribution in [-0.2, 0) is 6.54 Å². The molecule has 0 radical (unpaired) electrons. The van der Waals surface area contributed by atoms with Gasteiger partial charge in [0.1, 0.15) is 5.82 Å². The molecule has 1 aromatic heterocycles. The van der Waals surface area contributed by atoms with Gasteiger partial charge < -0.3 is 10.2 Å². The maximum Gasteiger partial charge on any atom is 0.322 e. The summed E-state index contributed by atoms with van der Waals surface area (Å²) in [6.07, 6.45) is 0.447. The van der Waals surface area contributed by atoms with E-state index in [1.54, 1.807) is 17.0 Å². The Morgan fingerprint density at radius 1 is 1.06 bits per heavy atom. The second-order valence-electron chi connectivity index (χ2n) is 8.30. The third-order valence-electron chi connectivity index (χ3n) is 6.24. The first-order chi connectivity index (χ1) is 16.4. The molecule has 2 atom stereocenters. The summed E-state index contributed by atoms with van der Waals surface area (Å²) in [5.41, 5.74) is 1.17. The van der Waals surface area contributed by atoms with Crippen LogP contribution in [0.15, 0.2) is 77.6 Å². The lowest BCUT2D eigenvalue weighted by molar-refractivity contribution is 0.159. The minimum absolute atomic E-state index is 0.0136. The van der Waals surface area contributed by atoms with E-state index in [1.807, 2.05) is 55.5 Å². The Labute approximate surface area is 194 Å². The number of hydrogen-bond acceptors (Lipinski definition) is 3. The predicted octanol–water partition coefficient (Wildman–Crippen LogP) is 5.41. The van der Waals surface area contributed by atoms with Crippen LogP contribution in [0.25, 0.3) is 10.9 Å². The topological polar surface area (TPSA) is 67.2 Å². The Morgan fingerprint density at radius 3 is 2.41 bits per heavy atom. The van der Waals surface area contributed by atoms with Crippen molar-refractivity contribution in [2.24, 2.45) is 0 Å². The van der Waals surface area contributed by atoms with E-state index < -0.39 is 23.2 Å². The highest BCUT2D eigenvalue weighted by atomic mass is 19.2.